The van der Waals surface area contributed by atoms with Crippen molar-refractivity contribution in [2.24, 2.45) is 0 Å². The van der Waals surface area contributed by atoms with Gasteiger partial charge in [0.05, 0.1) is 0 Å². The molecule has 5 heteroatoms. The first-order chi connectivity index (χ1) is 11.1. The van der Waals surface area contributed by atoms with Gasteiger partial charge in [-0.3, -0.25) is 9.59 Å². The smallest absolute Gasteiger partial charge is 0.302 e. The molecule has 126 valence electrons. The van der Waals surface area contributed by atoms with Crippen LogP contribution < -0.4 is 0 Å². The quantitative estimate of drug-likeness (QED) is 0.589. The average Bonchev–Trinajstić information content (AvgIpc) is 2.96. The van der Waals surface area contributed by atoms with Gasteiger partial charge in [0, 0.05) is 25.0 Å². The Morgan fingerprint density at radius 1 is 0.870 bits per heavy atom. The number of hydrogen-bond donors (Lipinski definition) is 0. The van der Waals surface area contributed by atoms with Crippen molar-refractivity contribution >= 4 is 11.9 Å². The second kappa shape index (κ2) is 6.87. The first-order valence-corrected chi connectivity index (χ1v) is 8.43. The van der Waals surface area contributed by atoms with E-state index in [1.54, 1.807) is 0 Å². The number of rotatable bonds is 4. The van der Waals surface area contributed by atoms with E-state index < -0.39 is 0 Å². The molecule has 2 atom stereocenters. The van der Waals surface area contributed by atoms with Gasteiger partial charge in [-0.1, -0.05) is 12.8 Å². The fourth-order valence-corrected chi connectivity index (χ4v) is 3.82. The van der Waals surface area contributed by atoms with Crippen LogP contribution in [0.25, 0.3) is 0 Å². The van der Waals surface area contributed by atoms with Crippen LogP contribution in [0, 0.1) is 0 Å². The van der Waals surface area contributed by atoms with E-state index in [-0.39, 0.29) is 37.4 Å². The first kappa shape index (κ1) is 16.2. The molecule has 0 aromatic rings. The van der Waals surface area contributed by atoms with Crippen LogP contribution in [0.1, 0.15) is 52.4 Å². The lowest BCUT2D eigenvalue weighted by Gasteiger charge is -2.24. The summed E-state index contributed by atoms with van der Waals surface area (Å²) in [6.45, 7) is 3.26. The second-order valence-corrected chi connectivity index (χ2v) is 6.47. The topological polar surface area (TPSA) is 61.8 Å². The fraction of sp³-hybridized carbons (Fsp3) is 0.667. The van der Waals surface area contributed by atoms with Crippen LogP contribution in [0.5, 0.6) is 0 Å². The van der Waals surface area contributed by atoms with Gasteiger partial charge in [0.2, 0.25) is 0 Å². The number of ether oxygens (including phenoxy) is 3. The third kappa shape index (κ3) is 3.34. The van der Waals surface area contributed by atoms with Crippen molar-refractivity contribution in [1.29, 1.82) is 0 Å². The molecule has 2 aliphatic heterocycles. The average molecular weight is 320 g/mol. The standard InChI is InChI=1S/C18H24O5/c1-11(19)21-9-15-16(10-22-12(2)20)18-14-8-6-4-3-5-7-13(14)17(15)23-18/h17-18H,3-10H2,1-2H3. The Labute approximate surface area is 136 Å². The molecule has 0 saturated heterocycles. The Kier molecular flexibility index (Phi) is 4.85. The molecule has 0 aromatic heterocycles. The molecule has 3 aliphatic rings. The summed E-state index contributed by atoms with van der Waals surface area (Å²) in [6.07, 6.45) is 6.84. The largest absolute Gasteiger partial charge is 0.461 e. The maximum atomic E-state index is 11.2. The van der Waals surface area contributed by atoms with Gasteiger partial charge in [0.15, 0.2) is 0 Å². The second-order valence-electron chi connectivity index (χ2n) is 6.47. The molecule has 0 spiro atoms. The summed E-state index contributed by atoms with van der Waals surface area (Å²) in [5.41, 5.74) is 4.71. The van der Waals surface area contributed by atoms with Crippen molar-refractivity contribution in [3.63, 3.8) is 0 Å². The van der Waals surface area contributed by atoms with Crippen molar-refractivity contribution in [2.75, 3.05) is 13.2 Å². The first-order valence-electron chi connectivity index (χ1n) is 8.43. The molecule has 23 heavy (non-hydrogen) atoms. The highest BCUT2D eigenvalue weighted by Gasteiger charge is 2.46. The van der Waals surface area contributed by atoms with Crippen molar-refractivity contribution in [3.05, 3.63) is 22.3 Å². The predicted octanol–water partition coefficient (Wildman–Crippen LogP) is 2.84. The number of carbonyl (C=O) groups excluding carboxylic acids is 2. The summed E-state index contributed by atoms with van der Waals surface area (Å²) in [6, 6.07) is 0. The van der Waals surface area contributed by atoms with Gasteiger partial charge in [-0.2, -0.15) is 0 Å². The van der Waals surface area contributed by atoms with Crippen LogP contribution in [0.4, 0.5) is 0 Å². The van der Waals surface area contributed by atoms with Crippen LogP contribution in [0.3, 0.4) is 0 Å². The van der Waals surface area contributed by atoms with E-state index >= 15 is 0 Å². The Morgan fingerprint density at radius 2 is 1.30 bits per heavy atom. The number of fused-ring (bicyclic) bond motifs is 4. The van der Waals surface area contributed by atoms with E-state index in [1.807, 2.05) is 0 Å². The zero-order valence-electron chi connectivity index (χ0n) is 13.9. The highest BCUT2D eigenvalue weighted by Crippen LogP contribution is 2.47. The van der Waals surface area contributed by atoms with E-state index in [9.17, 15) is 9.59 Å². The minimum atomic E-state index is -0.307. The molecule has 0 amide bonds. The minimum Gasteiger partial charge on any atom is -0.461 e. The van der Waals surface area contributed by atoms with Gasteiger partial charge in [-0.25, -0.2) is 0 Å². The molecule has 0 aromatic carbocycles. The maximum absolute atomic E-state index is 11.2. The molecule has 0 fully saturated rings. The molecule has 0 N–H and O–H groups in total. The summed E-state index contributed by atoms with van der Waals surface area (Å²) in [4.78, 5) is 22.4. The summed E-state index contributed by atoms with van der Waals surface area (Å²) < 4.78 is 16.6. The lowest BCUT2D eigenvalue weighted by Crippen LogP contribution is -2.22. The summed E-state index contributed by atoms with van der Waals surface area (Å²) in [7, 11) is 0. The van der Waals surface area contributed by atoms with Gasteiger partial charge >= 0.3 is 11.9 Å². The molecule has 2 unspecified atom stereocenters. The van der Waals surface area contributed by atoms with Crippen LogP contribution in [0.15, 0.2) is 22.3 Å². The summed E-state index contributed by atoms with van der Waals surface area (Å²) in [5.74, 6) is -0.613. The monoisotopic (exact) mass is 320 g/mol. The maximum Gasteiger partial charge on any atom is 0.302 e. The SMILES string of the molecule is CC(=O)OCC1=C(COC(C)=O)C2OC1C1=C2CCCCCC1. The molecular weight excluding hydrogens is 296 g/mol. The lowest BCUT2D eigenvalue weighted by atomic mass is 9.81. The van der Waals surface area contributed by atoms with E-state index in [4.69, 9.17) is 14.2 Å². The van der Waals surface area contributed by atoms with Crippen molar-refractivity contribution in [3.8, 4) is 0 Å². The van der Waals surface area contributed by atoms with Crippen LogP contribution in [0.2, 0.25) is 0 Å². The molecule has 0 saturated carbocycles. The zero-order valence-corrected chi connectivity index (χ0v) is 13.9. The minimum absolute atomic E-state index is 0.0852. The number of carbonyl (C=O) groups is 2. The van der Waals surface area contributed by atoms with Crippen LogP contribution in [-0.2, 0) is 23.8 Å². The van der Waals surface area contributed by atoms with E-state index in [1.165, 1.54) is 50.7 Å². The van der Waals surface area contributed by atoms with Gasteiger partial charge in [-0.15, -0.1) is 0 Å². The molecular formula is C18H24O5. The molecule has 2 bridgehead atoms. The molecule has 1 aliphatic carbocycles. The summed E-state index contributed by atoms with van der Waals surface area (Å²) >= 11 is 0. The van der Waals surface area contributed by atoms with Crippen molar-refractivity contribution < 1.29 is 23.8 Å². The van der Waals surface area contributed by atoms with Crippen LogP contribution >= 0.6 is 0 Å². The number of hydrogen-bond acceptors (Lipinski definition) is 5. The van der Waals surface area contributed by atoms with E-state index in [2.05, 4.69) is 0 Å². The predicted molar refractivity (Wildman–Crippen MR) is 83.7 cm³/mol. The normalized spacial score (nSPS) is 26.7. The van der Waals surface area contributed by atoms with Gasteiger partial charge in [0.25, 0.3) is 0 Å². The van der Waals surface area contributed by atoms with E-state index in [0.29, 0.717) is 0 Å². The Hall–Kier alpha value is -1.62. The van der Waals surface area contributed by atoms with Crippen LogP contribution in [-0.4, -0.2) is 37.4 Å². The number of esters is 2. The highest BCUT2D eigenvalue weighted by atomic mass is 16.5. The van der Waals surface area contributed by atoms with Gasteiger partial charge in [-0.05, 0) is 36.8 Å². The van der Waals surface area contributed by atoms with Crippen molar-refractivity contribution in [2.45, 2.75) is 64.6 Å². The highest BCUT2D eigenvalue weighted by molar-refractivity contribution is 5.67. The Balaban J connectivity index is 1.84. The van der Waals surface area contributed by atoms with E-state index in [0.717, 1.165) is 24.0 Å². The Bertz CT molecular complexity index is 524. The fourth-order valence-electron chi connectivity index (χ4n) is 3.82. The molecule has 5 nitrogen and oxygen atoms in total. The lowest BCUT2D eigenvalue weighted by molar-refractivity contribution is -0.141. The molecule has 3 rings (SSSR count). The van der Waals surface area contributed by atoms with Crippen molar-refractivity contribution in [1.82, 2.24) is 0 Å². The third-order valence-corrected chi connectivity index (χ3v) is 4.87. The Morgan fingerprint density at radius 3 is 1.70 bits per heavy atom. The third-order valence-electron chi connectivity index (χ3n) is 4.87. The molecule has 0 radical (unpaired) electrons. The van der Waals surface area contributed by atoms with Gasteiger partial charge in [0.1, 0.15) is 25.4 Å². The van der Waals surface area contributed by atoms with Gasteiger partial charge < -0.3 is 14.2 Å². The molecule has 2 heterocycles. The summed E-state index contributed by atoms with van der Waals surface area (Å²) in [5, 5.41) is 0. The zero-order chi connectivity index (χ0) is 16.4.